The van der Waals surface area contributed by atoms with Crippen molar-refractivity contribution >= 4 is 11.1 Å². The molecule has 1 aromatic heterocycles. The zero-order valence-corrected chi connectivity index (χ0v) is 17.7. The van der Waals surface area contributed by atoms with Crippen molar-refractivity contribution in [2.45, 2.75) is 63.3 Å². The van der Waals surface area contributed by atoms with Gasteiger partial charge < -0.3 is 5.73 Å². The fourth-order valence-electron chi connectivity index (χ4n) is 4.99. The Labute approximate surface area is 183 Å². The number of rotatable bonds is 6. The summed E-state index contributed by atoms with van der Waals surface area (Å²) in [4.78, 5) is 28.5. The standard InChI is InChI=1S/C20H24F6N4O3/c1-8-15-13(18(31)28-19(32)30(15)10-2-3-10)12(17(22)23)14(21)16(8)29-5-4-9(6-29)11(27)7-33-20(24,25)26/h9-11,14,16-17H,2-7,27H2,1H3,(H,28,31,32). The van der Waals surface area contributed by atoms with E-state index in [4.69, 9.17) is 5.73 Å². The largest absolute Gasteiger partial charge is 0.522 e. The fraction of sp³-hybridized carbons (Fsp3) is 0.700. The first-order valence-corrected chi connectivity index (χ1v) is 10.6. The summed E-state index contributed by atoms with van der Waals surface area (Å²) in [5.74, 6) is -0.478. The van der Waals surface area contributed by atoms with Crippen LogP contribution in [0.15, 0.2) is 9.59 Å². The molecule has 2 fully saturated rings. The molecule has 3 N–H and O–H groups in total. The highest BCUT2D eigenvalue weighted by molar-refractivity contribution is 5.65. The normalized spacial score (nSPS) is 27.4. The van der Waals surface area contributed by atoms with Crippen LogP contribution in [0.25, 0.3) is 11.1 Å². The zero-order valence-electron chi connectivity index (χ0n) is 17.7. The average Bonchev–Trinajstić information content (AvgIpc) is 3.42. The molecule has 4 atom stereocenters. The summed E-state index contributed by atoms with van der Waals surface area (Å²) in [6.07, 6.45) is -8.77. The van der Waals surface area contributed by atoms with E-state index in [-0.39, 0.29) is 30.1 Å². The summed E-state index contributed by atoms with van der Waals surface area (Å²) in [5, 5.41) is -0.502. The van der Waals surface area contributed by atoms with Crippen molar-refractivity contribution in [3.05, 3.63) is 31.4 Å². The number of aromatic nitrogens is 2. The summed E-state index contributed by atoms with van der Waals surface area (Å²) in [6.45, 7) is 0.987. The minimum absolute atomic E-state index is 0.00797. The Balaban J connectivity index is 1.74. The molecule has 2 heterocycles. The third-order valence-corrected chi connectivity index (χ3v) is 6.67. The molecule has 1 saturated heterocycles. The quantitative estimate of drug-likeness (QED) is 0.572. The number of alkyl halides is 6. The van der Waals surface area contributed by atoms with Crippen molar-refractivity contribution in [2.24, 2.45) is 11.7 Å². The van der Waals surface area contributed by atoms with Gasteiger partial charge in [0.05, 0.1) is 23.2 Å². The Bertz CT molecular complexity index is 1160. The van der Waals surface area contributed by atoms with Gasteiger partial charge >= 0.3 is 12.1 Å². The van der Waals surface area contributed by atoms with E-state index in [1.54, 1.807) is 4.90 Å². The molecule has 2 aliphatic carbocycles. The lowest BCUT2D eigenvalue weighted by Gasteiger charge is -2.35. The van der Waals surface area contributed by atoms with Gasteiger partial charge in [0.25, 0.3) is 12.0 Å². The number of nitrogens with one attached hydrogen (secondary N) is 1. The molecular weight excluding hydrogens is 458 g/mol. The number of ether oxygens (including phenoxy) is 1. The van der Waals surface area contributed by atoms with Gasteiger partial charge in [0.15, 0.2) is 0 Å². The molecule has 0 amide bonds. The van der Waals surface area contributed by atoms with Crippen LogP contribution in [0.2, 0.25) is 0 Å². The van der Waals surface area contributed by atoms with Crippen LogP contribution in [0.4, 0.5) is 26.3 Å². The number of hydrogen-bond acceptors (Lipinski definition) is 5. The number of halogens is 6. The lowest BCUT2D eigenvalue weighted by molar-refractivity contribution is -0.326. The first-order valence-electron chi connectivity index (χ1n) is 10.6. The second-order valence-electron chi connectivity index (χ2n) is 8.83. The highest BCUT2D eigenvalue weighted by atomic mass is 19.4. The lowest BCUT2D eigenvalue weighted by Crippen LogP contribution is -2.62. The van der Waals surface area contributed by atoms with Crippen LogP contribution in [0.1, 0.15) is 32.2 Å². The van der Waals surface area contributed by atoms with Crippen LogP contribution in [-0.2, 0) is 4.74 Å². The average molecular weight is 482 g/mol. The van der Waals surface area contributed by atoms with Crippen LogP contribution in [0.5, 0.6) is 0 Å². The summed E-state index contributed by atoms with van der Waals surface area (Å²) < 4.78 is 85.6. The van der Waals surface area contributed by atoms with E-state index in [0.717, 1.165) is 0 Å². The van der Waals surface area contributed by atoms with Crippen LogP contribution in [0.3, 0.4) is 0 Å². The van der Waals surface area contributed by atoms with Crippen molar-refractivity contribution in [2.75, 3.05) is 19.7 Å². The maximum atomic E-state index is 15.6. The zero-order chi connectivity index (χ0) is 24.2. The van der Waals surface area contributed by atoms with Crippen LogP contribution >= 0.6 is 0 Å². The van der Waals surface area contributed by atoms with Crippen molar-refractivity contribution in [1.29, 1.82) is 0 Å². The minimum atomic E-state index is -4.84. The third-order valence-electron chi connectivity index (χ3n) is 6.67. The number of nitrogens with two attached hydrogens (primary N) is 1. The lowest BCUT2D eigenvalue weighted by atomic mass is 9.89. The Morgan fingerprint density at radius 3 is 2.45 bits per heavy atom. The number of fused-ring (bicyclic) bond motifs is 1. The Morgan fingerprint density at radius 1 is 1.21 bits per heavy atom. The van der Waals surface area contributed by atoms with Crippen molar-refractivity contribution < 1.29 is 31.1 Å². The maximum absolute atomic E-state index is 15.6. The number of likely N-dealkylation sites (tertiary alicyclic amines) is 1. The molecule has 4 rings (SSSR count). The molecule has 4 unspecified atom stereocenters. The van der Waals surface area contributed by atoms with Crippen LogP contribution in [0, 0.1) is 5.92 Å². The molecule has 0 bridgehead atoms. The van der Waals surface area contributed by atoms with Crippen molar-refractivity contribution in [3.8, 4) is 0 Å². The first-order chi connectivity index (χ1) is 15.4. The Morgan fingerprint density at radius 2 is 1.88 bits per heavy atom. The number of aromatic amines is 1. The summed E-state index contributed by atoms with van der Waals surface area (Å²) >= 11 is 0. The van der Waals surface area contributed by atoms with E-state index in [1.165, 1.54) is 11.5 Å². The van der Waals surface area contributed by atoms with Gasteiger partial charge in [-0.1, -0.05) is 0 Å². The van der Waals surface area contributed by atoms with Crippen molar-refractivity contribution in [3.63, 3.8) is 0 Å². The molecule has 0 spiro atoms. The van der Waals surface area contributed by atoms with E-state index in [0.29, 0.717) is 19.3 Å². The molecule has 7 nitrogen and oxygen atoms in total. The first kappa shape index (κ1) is 24.0. The molecule has 184 valence electrons. The van der Waals surface area contributed by atoms with Gasteiger partial charge in [-0.15, -0.1) is 13.2 Å². The smallest absolute Gasteiger partial charge is 0.325 e. The van der Waals surface area contributed by atoms with Gasteiger partial charge in [-0.2, -0.15) is 0 Å². The fourth-order valence-corrected chi connectivity index (χ4v) is 4.99. The molecule has 33 heavy (non-hydrogen) atoms. The minimum Gasteiger partial charge on any atom is -0.325 e. The van der Waals surface area contributed by atoms with E-state index in [2.05, 4.69) is 4.74 Å². The van der Waals surface area contributed by atoms with Gasteiger partial charge in [0.2, 0.25) is 0 Å². The Kier molecular flexibility index (Phi) is 6.25. The van der Waals surface area contributed by atoms with E-state index >= 15 is 4.39 Å². The summed E-state index contributed by atoms with van der Waals surface area (Å²) in [6, 6.07) is -2.46. The van der Waals surface area contributed by atoms with Gasteiger partial charge in [-0.25, -0.2) is 18.0 Å². The van der Waals surface area contributed by atoms with E-state index in [1.807, 2.05) is 4.98 Å². The predicted molar refractivity (Wildman–Crippen MR) is 106 cm³/mol. The van der Waals surface area contributed by atoms with Gasteiger partial charge in [0, 0.05) is 24.2 Å². The van der Waals surface area contributed by atoms with Crippen LogP contribution < -0.4 is 27.6 Å². The number of hydrogen-bond donors (Lipinski definition) is 2. The van der Waals surface area contributed by atoms with Gasteiger partial charge in [0.1, 0.15) is 6.17 Å². The molecule has 1 saturated carbocycles. The predicted octanol–water partition coefficient (Wildman–Crippen LogP) is 0.364. The van der Waals surface area contributed by atoms with E-state index < -0.39 is 65.6 Å². The molecule has 0 aromatic carbocycles. The number of H-pyrrole nitrogens is 1. The number of nitrogens with zero attached hydrogens (tertiary/aromatic N) is 2. The second kappa shape index (κ2) is 8.58. The van der Waals surface area contributed by atoms with Crippen molar-refractivity contribution in [1.82, 2.24) is 14.5 Å². The molecule has 3 aliphatic rings. The van der Waals surface area contributed by atoms with Gasteiger partial charge in [-0.05, 0) is 44.2 Å². The molecule has 13 heteroatoms. The van der Waals surface area contributed by atoms with Gasteiger partial charge in [-0.3, -0.25) is 24.0 Å². The molecule has 0 radical (unpaired) electrons. The highest BCUT2D eigenvalue weighted by Gasteiger charge is 2.44. The Hall–Kier alpha value is -2.12. The SMILES string of the molecule is CC1=c2c(c(=O)[nH]c(=O)n2C2CC2)=C(C(F)F)C(F)C1N1CCC(C(N)COC(F)(F)F)C1. The summed E-state index contributed by atoms with van der Waals surface area (Å²) in [7, 11) is 0. The molecular formula is C20H24F6N4O3. The second-order valence-corrected chi connectivity index (χ2v) is 8.83. The maximum Gasteiger partial charge on any atom is 0.522 e. The topological polar surface area (TPSA) is 93.4 Å². The third kappa shape index (κ3) is 4.50. The summed E-state index contributed by atoms with van der Waals surface area (Å²) in [5.41, 5.74) is 3.32. The van der Waals surface area contributed by atoms with E-state index in [9.17, 15) is 31.5 Å². The van der Waals surface area contributed by atoms with Crippen LogP contribution in [-0.4, -0.2) is 65.2 Å². The molecule has 1 aliphatic heterocycles. The molecule has 1 aromatic rings. The highest BCUT2D eigenvalue weighted by Crippen LogP contribution is 2.35. The monoisotopic (exact) mass is 482 g/mol.